The van der Waals surface area contributed by atoms with Crippen LogP contribution in [0.5, 0.6) is 0 Å². The first-order chi connectivity index (χ1) is 11.5. The largest absolute Gasteiger partial charge is 0.348 e. The minimum absolute atomic E-state index is 0.0127. The van der Waals surface area contributed by atoms with Gasteiger partial charge in [-0.1, -0.05) is 6.58 Å². The van der Waals surface area contributed by atoms with E-state index in [1.54, 1.807) is 9.58 Å². The maximum atomic E-state index is 12.7. The summed E-state index contributed by atoms with van der Waals surface area (Å²) in [7, 11) is 0. The smallest absolute Gasteiger partial charge is 0.274 e. The summed E-state index contributed by atoms with van der Waals surface area (Å²) in [6.07, 6.45) is 2.85. The minimum Gasteiger partial charge on any atom is -0.348 e. The Kier molecular flexibility index (Phi) is 4.37. The number of fused-ring (bicyclic) bond motifs is 1. The molecule has 2 atom stereocenters. The molecule has 2 aliphatic rings. The van der Waals surface area contributed by atoms with Crippen LogP contribution in [0.1, 0.15) is 40.7 Å². The predicted molar refractivity (Wildman–Crippen MR) is 86.4 cm³/mol. The predicted octanol–water partition coefficient (Wildman–Crippen LogP) is -0.0782. The molecule has 2 aliphatic heterocycles. The summed E-state index contributed by atoms with van der Waals surface area (Å²) in [5.74, 6) is -0.664. The number of nitrogens with one attached hydrogen (secondary N) is 2. The summed E-state index contributed by atoms with van der Waals surface area (Å²) in [5, 5.41) is 9.94. The van der Waals surface area contributed by atoms with E-state index in [1.165, 1.54) is 12.1 Å². The van der Waals surface area contributed by atoms with Crippen molar-refractivity contribution in [2.75, 3.05) is 13.1 Å². The van der Waals surface area contributed by atoms with E-state index in [2.05, 4.69) is 22.3 Å². The minimum atomic E-state index is -0.239. The van der Waals surface area contributed by atoms with Gasteiger partial charge in [0.05, 0.1) is 6.54 Å². The van der Waals surface area contributed by atoms with Crippen LogP contribution in [0, 0.1) is 0 Å². The summed E-state index contributed by atoms with van der Waals surface area (Å²) >= 11 is 0. The Balaban J connectivity index is 1.72. The van der Waals surface area contributed by atoms with Crippen molar-refractivity contribution in [2.45, 2.75) is 38.4 Å². The summed E-state index contributed by atoms with van der Waals surface area (Å²) in [6, 6.07) is 1.44. The van der Waals surface area contributed by atoms with Gasteiger partial charge in [0.1, 0.15) is 5.69 Å². The van der Waals surface area contributed by atoms with Crippen molar-refractivity contribution in [2.24, 2.45) is 0 Å². The van der Waals surface area contributed by atoms with Crippen molar-refractivity contribution in [3.63, 3.8) is 0 Å². The van der Waals surface area contributed by atoms with Gasteiger partial charge in [-0.05, 0) is 25.8 Å². The molecule has 8 nitrogen and oxygen atoms in total. The molecule has 0 aromatic carbocycles. The molecule has 1 saturated heterocycles. The van der Waals surface area contributed by atoms with Crippen LogP contribution in [0.2, 0.25) is 0 Å². The Labute approximate surface area is 139 Å². The zero-order chi connectivity index (χ0) is 17.3. The molecule has 3 rings (SSSR count). The van der Waals surface area contributed by atoms with Crippen LogP contribution in [0.15, 0.2) is 18.7 Å². The van der Waals surface area contributed by atoms with Crippen LogP contribution in [0.25, 0.3) is 0 Å². The van der Waals surface area contributed by atoms with E-state index in [-0.39, 0.29) is 35.5 Å². The molecule has 3 amide bonds. The fraction of sp³-hybridized carbons (Fsp3) is 0.500. The highest BCUT2D eigenvalue weighted by Crippen LogP contribution is 2.16. The summed E-state index contributed by atoms with van der Waals surface area (Å²) < 4.78 is 1.58. The summed E-state index contributed by atoms with van der Waals surface area (Å²) in [5.41, 5.74) is 0.676. The molecule has 128 valence electrons. The van der Waals surface area contributed by atoms with E-state index >= 15 is 0 Å². The maximum Gasteiger partial charge on any atom is 0.274 e. The monoisotopic (exact) mass is 331 g/mol. The van der Waals surface area contributed by atoms with Crippen LogP contribution in [-0.2, 0) is 11.3 Å². The molecule has 1 aromatic rings. The van der Waals surface area contributed by atoms with E-state index in [4.69, 9.17) is 0 Å². The lowest BCUT2D eigenvalue weighted by Gasteiger charge is -2.32. The lowest BCUT2D eigenvalue weighted by atomic mass is 10.1. The highest BCUT2D eigenvalue weighted by molar-refractivity contribution is 5.98. The Morgan fingerprint density at radius 3 is 3.00 bits per heavy atom. The van der Waals surface area contributed by atoms with Gasteiger partial charge in [0.15, 0.2) is 5.69 Å². The number of aromatic nitrogens is 2. The first-order valence-electron chi connectivity index (χ1n) is 8.09. The van der Waals surface area contributed by atoms with Crippen molar-refractivity contribution in [3.8, 4) is 0 Å². The Bertz CT molecular complexity index is 696. The topological polar surface area (TPSA) is 96.3 Å². The molecular weight excluding hydrogens is 310 g/mol. The van der Waals surface area contributed by atoms with Crippen LogP contribution in [0.4, 0.5) is 0 Å². The van der Waals surface area contributed by atoms with Crippen molar-refractivity contribution >= 4 is 17.7 Å². The zero-order valence-electron chi connectivity index (χ0n) is 13.6. The van der Waals surface area contributed by atoms with Gasteiger partial charge in [0.2, 0.25) is 5.91 Å². The number of hydrogen-bond acceptors (Lipinski definition) is 4. The third-order valence-corrected chi connectivity index (χ3v) is 4.30. The molecular formula is C16H21N5O3. The van der Waals surface area contributed by atoms with Gasteiger partial charge >= 0.3 is 0 Å². The fourth-order valence-corrected chi connectivity index (χ4v) is 3.15. The lowest BCUT2D eigenvalue weighted by Crippen LogP contribution is -2.49. The van der Waals surface area contributed by atoms with Gasteiger partial charge in [-0.2, -0.15) is 5.10 Å². The number of rotatable bonds is 3. The van der Waals surface area contributed by atoms with Crippen LogP contribution >= 0.6 is 0 Å². The number of carbonyl (C=O) groups is 3. The van der Waals surface area contributed by atoms with Crippen LogP contribution in [-0.4, -0.2) is 57.6 Å². The number of nitrogens with zero attached hydrogens (tertiary/aromatic N) is 3. The van der Waals surface area contributed by atoms with Crippen molar-refractivity contribution < 1.29 is 14.4 Å². The third-order valence-electron chi connectivity index (χ3n) is 4.30. The molecule has 0 aliphatic carbocycles. The first-order valence-corrected chi connectivity index (χ1v) is 8.09. The fourth-order valence-electron chi connectivity index (χ4n) is 3.15. The summed E-state index contributed by atoms with van der Waals surface area (Å²) in [6.45, 7) is 6.92. The average Bonchev–Trinajstić information content (AvgIpc) is 2.98. The standard InChI is InChI=1S/C16H21N5O3/c1-3-14(22)18-11-5-4-6-20(9-11)16(24)12-7-13-15(23)17-10(2)8-21(13)19-12/h3,7,10-11H,1,4-6,8-9H2,2H3,(H,17,23)(H,18,22)/t10?,11-/m1/s1. The number of hydrogen-bond donors (Lipinski definition) is 2. The van der Waals surface area contributed by atoms with E-state index in [0.29, 0.717) is 25.3 Å². The van der Waals surface area contributed by atoms with Crippen molar-refractivity contribution in [1.29, 1.82) is 0 Å². The number of amides is 3. The molecule has 0 spiro atoms. The molecule has 24 heavy (non-hydrogen) atoms. The first kappa shape index (κ1) is 16.2. The second-order valence-corrected chi connectivity index (χ2v) is 6.27. The second kappa shape index (κ2) is 6.46. The van der Waals surface area contributed by atoms with Crippen LogP contribution < -0.4 is 10.6 Å². The van der Waals surface area contributed by atoms with E-state index in [9.17, 15) is 14.4 Å². The molecule has 8 heteroatoms. The van der Waals surface area contributed by atoms with E-state index < -0.39 is 0 Å². The average molecular weight is 331 g/mol. The highest BCUT2D eigenvalue weighted by atomic mass is 16.2. The molecule has 0 bridgehead atoms. The van der Waals surface area contributed by atoms with Gasteiger partial charge in [0, 0.05) is 31.2 Å². The van der Waals surface area contributed by atoms with E-state index in [0.717, 1.165) is 12.8 Å². The molecule has 1 aromatic heterocycles. The highest BCUT2D eigenvalue weighted by Gasteiger charge is 2.30. The SMILES string of the molecule is C=CC(=O)N[C@@H]1CCCN(C(=O)c2cc3n(n2)CC(C)NC3=O)C1. The molecule has 3 heterocycles. The number of piperidine rings is 1. The molecule has 0 saturated carbocycles. The normalized spacial score (nSPS) is 23.2. The second-order valence-electron chi connectivity index (χ2n) is 6.27. The number of carbonyl (C=O) groups excluding carboxylic acids is 3. The Morgan fingerprint density at radius 1 is 1.46 bits per heavy atom. The van der Waals surface area contributed by atoms with Gasteiger partial charge < -0.3 is 15.5 Å². The molecule has 2 N–H and O–H groups in total. The summed E-state index contributed by atoms with van der Waals surface area (Å²) in [4.78, 5) is 37.8. The molecule has 1 unspecified atom stereocenters. The lowest BCUT2D eigenvalue weighted by molar-refractivity contribution is -0.117. The van der Waals surface area contributed by atoms with E-state index in [1.807, 2.05) is 6.92 Å². The van der Waals surface area contributed by atoms with Gasteiger partial charge in [-0.3, -0.25) is 19.1 Å². The third kappa shape index (κ3) is 3.17. The van der Waals surface area contributed by atoms with Gasteiger partial charge in [-0.15, -0.1) is 0 Å². The maximum absolute atomic E-state index is 12.7. The number of likely N-dealkylation sites (tertiary alicyclic amines) is 1. The molecule has 1 fully saturated rings. The van der Waals surface area contributed by atoms with Crippen molar-refractivity contribution in [3.05, 3.63) is 30.1 Å². The zero-order valence-corrected chi connectivity index (χ0v) is 13.6. The van der Waals surface area contributed by atoms with Gasteiger partial charge in [0.25, 0.3) is 11.8 Å². The quantitative estimate of drug-likeness (QED) is 0.757. The molecule has 0 radical (unpaired) electrons. The Morgan fingerprint density at radius 2 is 2.25 bits per heavy atom. The Hall–Kier alpha value is -2.64. The van der Waals surface area contributed by atoms with Crippen molar-refractivity contribution in [1.82, 2.24) is 25.3 Å². The van der Waals surface area contributed by atoms with Gasteiger partial charge in [-0.25, -0.2) is 0 Å². The van der Waals surface area contributed by atoms with Crippen LogP contribution in [0.3, 0.4) is 0 Å².